The molecular formula is C21H36N2O+2. The Hall–Kier alpha value is -1.06. The van der Waals surface area contributed by atoms with Crippen LogP contribution in [0.1, 0.15) is 45.6 Å². The minimum absolute atomic E-state index is 0.744. The summed E-state index contributed by atoms with van der Waals surface area (Å²) in [5, 5.41) is 0. The van der Waals surface area contributed by atoms with Gasteiger partial charge in [0.15, 0.2) is 0 Å². The second kappa shape index (κ2) is 8.35. The molecule has 0 spiro atoms. The van der Waals surface area contributed by atoms with Crippen molar-refractivity contribution in [1.82, 2.24) is 0 Å². The van der Waals surface area contributed by atoms with Gasteiger partial charge in [-0.2, -0.15) is 0 Å². The van der Waals surface area contributed by atoms with Crippen molar-refractivity contribution >= 4 is 0 Å². The Bertz CT molecular complexity index is 483. The van der Waals surface area contributed by atoms with Crippen LogP contribution in [0.15, 0.2) is 24.3 Å². The van der Waals surface area contributed by atoms with E-state index in [1.54, 1.807) is 4.90 Å². The quantitative estimate of drug-likeness (QED) is 0.829. The number of piperidine rings is 2. The minimum atomic E-state index is 0.744. The summed E-state index contributed by atoms with van der Waals surface area (Å²) in [5.74, 6) is 2.82. The number of ether oxygens (including phenoxy) is 1. The molecule has 24 heavy (non-hydrogen) atoms. The Morgan fingerprint density at radius 3 is 2.21 bits per heavy atom. The van der Waals surface area contributed by atoms with Gasteiger partial charge in [0.1, 0.15) is 12.3 Å². The van der Waals surface area contributed by atoms with Gasteiger partial charge in [0.25, 0.3) is 0 Å². The first-order valence-electron chi connectivity index (χ1n) is 10.0. The molecule has 2 aliphatic heterocycles. The van der Waals surface area contributed by atoms with Gasteiger partial charge in [-0.05, 0) is 37.6 Å². The van der Waals surface area contributed by atoms with Gasteiger partial charge < -0.3 is 14.5 Å². The van der Waals surface area contributed by atoms with Gasteiger partial charge in [0.2, 0.25) is 0 Å². The number of nitrogens with one attached hydrogen (secondary N) is 2. The third-order valence-corrected chi connectivity index (χ3v) is 5.98. The molecule has 0 amide bonds. The standard InChI is InChI=1S/C21H34N2O/c1-4-24-21-7-5-19(6-8-21)16-22-11-9-20(10-12-22)23-14-17(2)13-18(3)15-23/h5-8,17-18,20H,4,9-16H2,1-3H3/p+2/t17-,18+. The average Bonchev–Trinajstić information content (AvgIpc) is 2.57. The fraction of sp³-hybridized carbons (Fsp3) is 0.714. The first-order valence-corrected chi connectivity index (χ1v) is 10.0. The summed E-state index contributed by atoms with van der Waals surface area (Å²) in [4.78, 5) is 3.66. The molecule has 1 aromatic carbocycles. The monoisotopic (exact) mass is 332 g/mol. The molecule has 3 heteroatoms. The zero-order valence-corrected chi connectivity index (χ0v) is 15.8. The van der Waals surface area contributed by atoms with E-state index in [0.717, 1.165) is 30.2 Å². The summed E-state index contributed by atoms with van der Waals surface area (Å²) in [6.07, 6.45) is 4.24. The van der Waals surface area contributed by atoms with Crippen LogP contribution in [-0.4, -0.2) is 38.8 Å². The molecule has 0 radical (unpaired) electrons. The molecular weight excluding hydrogens is 296 g/mol. The van der Waals surface area contributed by atoms with E-state index in [1.807, 2.05) is 11.8 Å². The number of quaternary nitrogens is 2. The van der Waals surface area contributed by atoms with Crippen molar-refractivity contribution in [3.05, 3.63) is 29.8 Å². The predicted molar refractivity (Wildman–Crippen MR) is 98.7 cm³/mol. The highest BCUT2D eigenvalue weighted by Crippen LogP contribution is 2.14. The summed E-state index contributed by atoms with van der Waals surface area (Å²) in [5.41, 5.74) is 1.44. The maximum Gasteiger partial charge on any atom is 0.119 e. The number of benzene rings is 1. The van der Waals surface area contributed by atoms with Gasteiger partial charge in [0, 0.05) is 30.2 Å². The van der Waals surface area contributed by atoms with E-state index >= 15 is 0 Å². The Morgan fingerprint density at radius 1 is 1.00 bits per heavy atom. The Kier molecular flexibility index (Phi) is 6.18. The summed E-state index contributed by atoms with van der Waals surface area (Å²) in [7, 11) is 0. The number of hydrogen-bond donors (Lipinski definition) is 2. The van der Waals surface area contributed by atoms with Gasteiger partial charge in [-0.15, -0.1) is 0 Å². The molecule has 0 aliphatic carbocycles. The maximum atomic E-state index is 5.54. The van der Waals surface area contributed by atoms with Gasteiger partial charge in [-0.3, -0.25) is 0 Å². The van der Waals surface area contributed by atoms with Gasteiger partial charge in [-0.25, -0.2) is 0 Å². The van der Waals surface area contributed by atoms with Crippen LogP contribution in [0.4, 0.5) is 0 Å². The molecule has 0 bridgehead atoms. The molecule has 134 valence electrons. The maximum absolute atomic E-state index is 5.54. The number of hydrogen-bond acceptors (Lipinski definition) is 1. The van der Waals surface area contributed by atoms with Gasteiger partial charge >= 0.3 is 0 Å². The molecule has 0 aromatic heterocycles. The average molecular weight is 333 g/mol. The topological polar surface area (TPSA) is 18.1 Å². The van der Waals surface area contributed by atoms with E-state index in [0.29, 0.717) is 0 Å². The Morgan fingerprint density at radius 2 is 1.62 bits per heavy atom. The van der Waals surface area contributed by atoms with Crippen molar-refractivity contribution in [1.29, 1.82) is 0 Å². The van der Waals surface area contributed by atoms with Crippen molar-refractivity contribution in [2.75, 3.05) is 32.8 Å². The lowest BCUT2D eigenvalue weighted by Gasteiger charge is -2.39. The van der Waals surface area contributed by atoms with E-state index in [2.05, 4.69) is 38.1 Å². The third-order valence-electron chi connectivity index (χ3n) is 5.98. The van der Waals surface area contributed by atoms with Gasteiger partial charge in [0.05, 0.1) is 38.8 Å². The molecule has 2 saturated heterocycles. The molecule has 2 heterocycles. The zero-order chi connectivity index (χ0) is 16.9. The van der Waals surface area contributed by atoms with Crippen LogP contribution < -0.4 is 14.5 Å². The molecule has 1 unspecified atom stereocenters. The van der Waals surface area contributed by atoms with E-state index in [4.69, 9.17) is 4.74 Å². The highest BCUT2D eigenvalue weighted by atomic mass is 16.5. The van der Waals surface area contributed by atoms with Crippen LogP contribution in [0.2, 0.25) is 0 Å². The largest absolute Gasteiger partial charge is 0.494 e. The summed E-state index contributed by atoms with van der Waals surface area (Å²) in [6.45, 7) is 14.3. The molecule has 2 fully saturated rings. The first kappa shape index (κ1) is 17.8. The summed E-state index contributed by atoms with van der Waals surface area (Å²) in [6, 6.07) is 9.63. The van der Waals surface area contributed by atoms with Crippen LogP contribution in [0.25, 0.3) is 0 Å². The lowest BCUT2D eigenvalue weighted by Crippen LogP contribution is -3.21. The van der Waals surface area contributed by atoms with Crippen molar-refractivity contribution in [2.24, 2.45) is 11.8 Å². The molecule has 3 rings (SSSR count). The van der Waals surface area contributed by atoms with Crippen LogP contribution in [0, 0.1) is 11.8 Å². The molecule has 2 aliphatic rings. The smallest absolute Gasteiger partial charge is 0.119 e. The van der Waals surface area contributed by atoms with E-state index < -0.39 is 0 Å². The van der Waals surface area contributed by atoms with Crippen molar-refractivity contribution in [3.8, 4) is 5.75 Å². The highest BCUT2D eigenvalue weighted by Gasteiger charge is 2.34. The zero-order valence-electron chi connectivity index (χ0n) is 15.8. The van der Waals surface area contributed by atoms with Crippen LogP contribution >= 0.6 is 0 Å². The van der Waals surface area contributed by atoms with Crippen molar-refractivity contribution in [2.45, 2.75) is 52.6 Å². The lowest BCUT2D eigenvalue weighted by molar-refractivity contribution is -0.969. The molecule has 2 N–H and O–H groups in total. The molecule has 1 aromatic rings. The SMILES string of the molecule is CCOc1ccc(C[NH+]2CCC([NH+]3C[C@H](C)C[C@H](C)C3)CC2)cc1. The normalized spacial score (nSPS) is 34.0. The summed E-state index contributed by atoms with van der Waals surface area (Å²) >= 11 is 0. The van der Waals surface area contributed by atoms with Gasteiger partial charge in [-0.1, -0.05) is 13.8 Å². The van der Waals surface area contributed by atoms with E-state index in [1.165, 1.54) is 57.5 Å². The van der Waals surface area contributed by atoms with Crippen molar-refractivity contribution < 1.29 is 14.5 Å². The molecule has 3 atom stereocenters. The number of likely N-dealkylation sites (tertiary alicyclic amines) is 2. The van der Waals surface area contributed by atoms with Crippen molar-refractivity contribution in [3.63, 3.8) is 0 Å². The molecule has 0 saturated carbocycles. The summed E-state index contributed by atoms with van der Waals surface area (Å²) < 4.78 is 5.54. The Balaban J connectivity index is 1.46. The molecule has 3 nitrogen and oxygen atoms in total. The second-order valence-corrected chi connectivity index (χ2v) is 8.29. The van der Waals surface area contributed by atoms with Crippen LogP contribution in [0.3, 0.4) is 0 Å². The fourth-order valence-electron chi connectivity index (χ4n) is 4.94. The minimum Gasteiger partial charge on any atom is -0.494 e. The van der Waals surface area contributed by atoms with Crippen LogP contribution in [0.5, 0.6) is 5.75 Å². The third kappa shape index (κ3) is 4.73. The second-order valence-electron chi connectivity index (χ2n) is 8.29. The number of rotatable bonds is 5. The van der Waals surface area contributed by atoms with Crippen LogP contribution in [-0.2, 0) is 6.54 Å². The first-order chi connectivity index (χ1) is 11.6. The van der Waals surface area contributed by atoms with E-state index in [-0.39, 0.29) is 0 Å². The van der Waals surface area contributed by atoms with E-state index in [9.17, 15) is 0 Å². The Labute approximate surface area is 148 Å². The highest BCUT2D eigenvalue weighted by molar-refractivity contribution is 5.26. The fourth-order valence-corrected chi connectivity index (χ4v) is 4.94. The lowest BCUT2D eigenvalue weighted by atomic mass is 9.89. The predicted octanol–water partition coefficient (Wildman–Crippen LogP) is 1.19.